The summed E-state index contributed by atoms with van der Waals surface area (Å²) in [5.74, 6) is -0.300. The van der Waals surface area contributed by atoms with Gasteiger partial charge in [0.05, 0.1) is 25.0 Å². The van der Waals surface area contributed by atoms with E-state index in [-0.39, 0.29) is 37.1 Å². The van der Waals surface area contributed by atoms with E-state index in [9.17, 15) is 14.4 Å². The third kappa shape index (κ3) is 4.31. The van der Waals surface area contributed by atoms with E-state index in [1.807, 2.05) is 30.4 Å². The maximum absolute atomic E-state index is 14.3. The van der Waals surface area contributed by atoms with Crippen molar-refractivity contribution in [2.75, 3.05) is 19.2 Å². The van der Waals surface area contributed by atoms with Gasteiger partial charge in [-0.3, -0.25) is 14.4 Å². The van der Waals surface area contributed by atoms with Gasteiger partial charge in [-0.2, -0.15) is 0 Å². The Balaban J connectivity index is 1.21. The van der Waals surface area contributed by atoms with Gasteiger partial charge < -0.3 is 34.5 Å². The van der Waals surface area contributed by atoms with Crippen molar-refractivity contribution in [3.63, 3.8) is 0 Å². The molecule has 4 heterocycles. The van der Waals surface area contributed by atoms with Crippen LogP contribution in [0.15, 0.2) is 54.6 Å². The molecule has 0 aromatic heterocycles. The molecule has 2 aromatic rings. The average molecular weight is 574 g/mol. The molecule has 2 N–H and O–H groups in total. The topological polar surface area (TPSA) is 115 Å². The number of rotatable bonds is 7. The van der Waals surface area contributed by atoms with Gasteiger partial charge in [0.15, 0.2) is 11.5 Å². The van der Waals surface area contributed by atoms with Crippen molar-refractivity contribution in [3.05, 3.63) is 60.2 Å². The number of amides is 3. The molecule has 5 aliphatic rings. The lowest BCUT2D eigenvalue weighted by Crippen LogP contribution is -2.57. The molecule has 0 unspecified atom stereocenters. The summed E-state index contributed by atoms with van der Waals surface area (Å²) in [4.78, 5) is 43.8. The summed E-state index contributed by atoms with van der Waals surface area (Å²) in [5.41, 5.74) is 0.114. The van der Waals surface area contributed by atoms with Crippen LogP contribution in [0.5, 0.6) is 17.2 Å². The SMILES string of the molecule is COc1cccc(NC(=O)[C@H]2[C@H]3C=C[C@@]4(O3)[C@H]2C(=O)N(Cc2ccc3c(c2)OCO3)[C@@H]4C(=O)N[C@@H]2CCCC[C@H]2C)c1. The molecule has 1 saturated carbocycles. The van der Waals surface area contributed by atoms with Crippen LogP contribution in [0.3, 0.4) is 0 Å². The molecule has 2 aromatic carbocycles. The van der Waals surface area contributed by atoms with Gasteiger partial charge in [-0.25, -0.2) is 0 Å². The summed E-state index contributed by atoms with van der Waals surface area (Å²) in [6, 6.07) is 11.7. The van der Waals surface area contributed by atoms with Crippen LogP contribution in [0.4, 0.5) is 5.69 Å². The third-order valence-electron chi connectivity index (χ3n) is 9.49. The Labute approximate surface area is 244 Å². The molecule has 10 heteroatoms. The van der Waals surface area contributed by atoms with E-state index in [4.69, 9.17) is 18.9 Å². The summed E-state index contributed by atoms with van der Waals surface area (Å²) < 4.78 is 22.8. The Bertz CT molecular complexity index is 1460. The monoisotopic (exact) mass is 573 g/mol. The number of ether oxygens (including phenoxy) is 4. The normalized spacial score (nSPS) is 32.1. The predicted molar refractivity (Wildman–Crippen MR) is 152 cm³/mol. The molecule has 1 spiro atoms. The number of nitrogens with one attached hydrogen (secondary N) is 2. The van der Waals surface area contributed by atoms with E-state index in [0.29, 0.717) is 28.9 Å². The van der Waals surface area contributed by atoms with Gasteiger partial charge in [0.1, 0.15) is 17.4 Å². The second-order valence-corrected chi connectivity index (χ2v) is 12.0. The summed E-state index contributed by atoms with van der Waals surface area (Å²) in [6.45, 7) is 2.46. The van der Waals surface area contributed by atoms with Crippen LogP contribution in [0.25, 0.3) is 0 Å². The fraction of sp³-hybridized carbons (Fsp3) is 0.469. The fourth-order valence-corrected chi connectivity index (χ4v) is 7.39. The molecule has 10 nitrogen and oxygen atoms in total. The maximum Gasteiger partial charge on any atom is 0.246 e. The summed E-state index contributed by atoms with van der Waals surface area (Å²) >= 11 is 0. The number of fused-ring (bicyclic) bond motifs is 2. The third-order valence-corrected chi connectivity index (χ3v) is 9.49. The minimum absolute atomic E-state index is 0.0268. The van der Waals surface area contributed by atoms with Crippen LogP contribution in [0.1, 0.15) is 38.2 Å². The van der Waals surface area contributed by atoms with E-state index in [0.717, 1.165) is 31.2 Å². The van der Waals surface area contributed by atoms with E-state index >= 15 is 0 Å². The lowest BCUT2D eigenvalue weighted by Gasteiger charge is -2.36. The largest absolute Gasteiger partial charge is 0.497 e. The van der Waals surface area contributed by atoms with Gasteiger partial charge in [-0.05, 0) is 48.6 Å². The van der Waals surface area contributed by atoms with Crippen molar-refractivity contribution in [2.45, 2.75) is 62.9 Å². The highest BCUT2D eigenvalue weighted by Gasteiger charge is 2.72. The van der Waals surface area contributed by atoms with Crippen LogP contribution in [-0.2, 0) is 25.7 Å². The van der Waals surface area contributed by atoms with E-state index in [2.05, 4.69) is 17.6 Å². The molecule has 220 valence electrons. The lowest BCUT2D eigenvalue weighted by molar-refractivity contribution is -0.142. The van der Waals surface area contributed by atoms with Crippen molar-refractivity contribution >= 4 is 23.4 Å². The van der Waals surface area contributed by atoms with E-state index < -0.39 is 29.6 Å². The molecule has 1 aliphatic carbocycles. The number of hydrogen-bond acceptors (Lipinski definition) is 7. The molecule has 0 radical (unpaired) electrons. The first-order valence-corrected chi connectivity index (χ1v) is 14.7. The Morgan fingerprint density at radius 2 is 1.90 bits per heavy atom. The first kappa shape index (κ1) is 26.8. The Morgan fingerprint density at radius 1 is 1.07 bits per heavy atom. The van der Waals surface area contributed by atoms with Crippen molar-refractivity contribution in [1.82, 2.24) is 10.2 Å². The van der Waals surface area contributed by atoms with Crippen molar-refractivity contribution in [2.24, 2.45) is 17.8 Å². The highest BCUT2D eigenvalue weighted by molar-refractivity contribution is 6.02. The fourth-order valence-electron chi connectivity index (χ4n) is 7.39. The number of anilines is 1. The number of likely N-dealkylation sites (tertiary alicyclic amines) is 1. The van der Waals surface area contributed by atoms with E-state index in [1.165, 1.54) is 0 Å². The van der Waals surface area contributed by atoms with Crippen LogP contribution >= 0.6 is 0 Å². The zero-order valence-corrected chi connectivity index (χ0v) is 23.7. The van der Waals surface area contributed by atoms with Crippen LogP contribution < -0.4 is 24.8 Å². The summed E-state index contributed by atoms with van der Waals surface area (Å²) in [6.07, 6.45) is 7.21. The Morgan fingerprint density at radius 3 is 2.74 bits per heavy atom. The number of carbonyl (C=O) groups is 3. The van der Waals surface area contributed by atoms with Crippen molar-refractivity contribution in [3.8, 4) is 17.2 Å². The first-order valence-electron chi connectivity index (χ1n) is 14.7. The second-order valence-electron chi connectivity index (χ2n) is 12.0. The van der Waals surface area contributed by atoms with Gasteiger partial charge in [0.2, 0.25) is 24.5 Å². The zero-order chi connectivity index (χ0) is 29.0. The minimum Gasteiger partial charge on any atom is -0.497 e. The van der Waals surface area contributed by atoms with Crippen LogP contribution in [0.2, 0.25) is 0 Å². The molecule has 3 amide bonds. The Kier molecular flexibility index (Phi) is 6.61. The Hall–Kier alpha value is -4.05. The van der Waals surface area contributed by atoms with Gasteiger partial charge >= 0.3 is 0 Å². The highest BCUT2D eigenvalue weighted by Crippen LogP contribution is 2.55. The standard InChI is InChI=1S/C32H35N3O7/c1-18-6-3-4-9-22(18)34-30(37)28-32-13-12-24(42-32)26(29(36)33-20-7-5-8-21(15-20)39-2)27(32)31(38)35(28)16-19-10-11-23-25(14-19)41-17-40-23/h5,7-8,10-15,18,22,24,26-28H,3-4,6,9,16-17H2,1-2H3,(H,33,36)(H,34,37)/t18-,22-,24-,26+,27-,28-,32-/m1/s1. The van der Waals surface area contributed by atoms with E-state index in [1.54, 1.807) is 36.3 Å². The molecule has 4 aliphatic heterocycles. The van der Waals surface area contributed by atoms with Crippen LogP contribution in [-0.4, -0.2) is 60.3 Å². The highest BCUT2D eigenvalue weighted by atomic mass is 16.7. The maximum atomic E-state index is 14.3. The quantitative estimate of drug-likeness (QED) is 0.488. The lowest BCUT2D eigenvalue weighted by atomic mass is 9.74. The zero-order valence-electron chi connectivity index (χ0n) is 23.7. The van der Waals surface area contributed by atoms with Gasteiger partial charge in [-0.1, -0.05) is 44.1 Å². The van der Waals surface area contributed by atoms with Crippen LogP contribution in [0, 0.1) is 17.8 Å². The number of benzene rings is 2. The molecule has 7 atom stereocenters. The number of methoxy groups -OCH3 is 1. The minimum atomic E-state index is -1.24. The molecule has 7 rings (SSSR count). The molecule has 42 heavy (non-hydrogen) atoms. The second kappa shape index (κ2) is 10.3. The molecular formula is C32H35N3O7. The van der Waals surface area contributed by atoms with Gasteiger partial charge in [0, 0.05) is 24.3 Å². The smallest absolute Gasteiger partial charge is 0.246 e. The number of nitrogens with zero attached hydrogens (tertiary/aromatic N) is 1. The van der Waals surface area contributed by atoms with Crippen molar-refractivity contribution in [1.29, 1.82) is 0 Å². The number of hydrogen-bond donors (Lipinski definition) is 2. The first-order chi connectivity index (χ1) is 20.4. The molecular weight excluding hydrogens is 538 g/mol. The molecule has 2 bridgehead atoms. The summed E-state index contributed by atoms with van der Waals surface area (Å²) in [7, 11) is 1.56. The molecule has 2 saturated heterocycles. The predicted octanol–water partition coefficient (Wildman–Crippen LogP) is 3.41. The average Bonchev–Trinajstić information content (AvgIpc) is 3.75. The number of carbonyl (C=O) groups excluding carboxylic acids is 3. The van der Waals surface area contributed by atoms with Gasteiger partial charge in [0.25, 0.3) is 0 Å². The summed E-state index contributed by atoms with van der Waals surface area (Å²) in [5, 5.41) is 6.22. The van der Waals surface area contributed by atoms with Crippen molar-refractivity contribution < 1.29 is 33.3 Å². The molecule has 3 fully saturated rings. The van der Waals surface area contributed by atoms with Gasteiger partial charge in [-0.15, -0.1) is 0 Å².